The van der Waals surface area contributed by atoms with Crippen molar-refractivity contribution in [3.05, 3.63) is 101 Å². The molecule has 0 aliphatic rings. The number of nitrogens with zero attached hydrogens (tertiary/aromatic N) is 3. The van der Waals surface area contributed by atoms with Gasteiger partial charge in [-0.05, 0) is 36.8 Å². The fourth-order valence-corrected chi connectivity index (χ4v) is 5.19. The lowest BCUT2D eigenvalue weighted by molar-refractivity contribution is -0.387. The van der Waals surface area contributed by atoms with E-state index in [2.05, 4.69) is 4.98 Å². The van der Waals surface area contributed by atoms with E-state index < -0.39 is 25.5 Å². The van der Waals surface area contributed by atoms with Gasteiger partial charge >= 0.3 is 0 Å². The van der Waals surface area contributed by atoms with E-state index in [0.717, 1.165) is 17.1 Å². The lowest BCUT2D eigenvalue weighted by atomic mass is 10.2. The van der Waals surface area contributed by atoms with Gasteiger partial charge in [-0.1, -0.05) is 61.9 Å². The Labute approximate surface area is 197 Å². The highest BCUT2D eigenvalue weighted by molar-refractivity contribution is 7.93. The van der Waals surface area contributed by atoms with Crippen molar-refractivity contribution in [2.24, 2.45) is 0 Å². The van der Waals surface area contributed by atoms with Gasteiger partial charge in [0.1, 0.15) is 0 Å². The molecule has 0 saturated carbocycles. The van der Waals surface area contributed by atoms with Crippen molar-refractivity contribution in [3.63, 3.8) is 0 Å². The van der Waals surface area contributed by atoms with Gasteiger partial charge in [-0.15, -0.1) is 0 Å². The van der Waals surface area contributed by atoms with Crippen molar-refractivity contribution in [1.29, 1.82) is 0 Å². The number of nitro groups is 1. The Morgan fingerprint density at radius 3 is 2.21 bits per heavy atom. The molecule has 0 saturated heterocycles. The van der Waals surface area contributed by atoms with Gasteiger partial charge in [0, 0.05) is 18.1 Å². The minimum Gasteiger partial charge on any atom is -0.439 e. The van der Waals surface area contributed by atoms with E-state index in [1.165, 1.54) is 24.3 Å². The second kappa shape index (κ2) is 9.88. The lowest BCUT2D eigenvalue weighted by Crippen LogP contribution is -2.28. The summed E-state index contributed by atoms with van der Waals surface area (Å²) in [4.78, 5) is 15.1. The number of para-hydroxylation sites is 2. The van der Waals surface area contributed by atoms with Crippen molar-refractivity contribution in [2.75, 3.05) is 4.31 Å². The third-order valence-electron chi connectivity index (χ3n) is 5.22. The van der Waals surface area contributed by atoms with E-state index in [0.29, 0.717) is 23.4 Å². The fraction of sp³-hybridized carbons (Fsp3) is 0.160. The van der Waals surface area contributed by atoms with Crippen LogP contribution in [0, 0.1) is 10.1 Å². The molecular formula is C25H23N3O5S. The molecule has 0 aliphatic heterocycles. The van der Waals surface area contributed by atoms with Crippen molar-refractivity contribution in [3.8, 4) is 11.5 Å². The summed E-state index contributed by atoms with van der Waals surface area (Å²) >= 11 is 0. The zero-order valence-electron chi connectivity index (χ0n) is 18.5. The molecule has 0 amide bonds. The maximum atomic E-state index is 14.0. The number of anilines is 2. The second-order valence-corrected chi connectivity index (χ2v) is 9.32. The van der Waals surface area contributed by atoms with Crippen LogP contribution >= 0.6 is 0 Å². The molecule has 0 spiro atoms. The molecule has 0 bridgehead atoms. The Hall–Kier alpha value is -3.98. The minimum absolute atomic E-state index is 0.0941. The zero-order valence-corrected chi connectivity index (χ0v) is 19.3. The van der Waals surface area contributed by atoms with E-state index in [1.807, 2.05) is 37.3 Å². The van der Waals surface area contributed by atoms with Gasteiger partial charge in [-0.2, -0.15) is 4.98 Å². The first kappa shape index (κ1) is 23.2. The average molecular weight is 478 g/mol. The van der Waals surface area contributed by atoms with E-state index in [1.54, 1.807) is 30.3 Å². The normalized spacial score (nSPS) is 11.3. The van der Waals surface area contributed by atoms with Crippen molar-refractivity contribution < 1.29 is 17.8 Å². The third-order valence-corrected chi connectivity index (χ3v) is 6.98. The first-order chi connectivity index (χ1) is 16.4. The highest BCUT2D eigenvalue weighted by Crippen LogP contribution is 2.39. The molecular weight excluding hydrogens is 454 g/mol. The van der Waals surface area contributed by atoms with Crippen LogP contribution in [-0.2, 0) is 16.4 Å². The van der Waals surface area contributed by atoms with Crippen molar-refractivity contribution in [2.45, 2.75) is 31.1 Å². The minimum atomic E-state index is -4.43. The van der Waals surface area contributed by atoms with Gasteiger partial charge in [0.25, 0.3) is 15.7 Å². The number of nitro benzene ring substituents is 1. The standard InChI is InChI=1S/C25H23N3O5S/c1-2-3-17-22-24(26-25(33-22)19-12-6-4-7-13-19)27(20-14-8-5-9-15-20)34(31,32)23-18-11-10-16-21(23)28(29)30/h4-16,18H,2-3,17H2,1H3. The highest BCUT2D eigenvalue weighted by atomic mass is 32.2. The molecule has 4 rings (SSSR count). The largest absolute Gasteiger partial charge is 0.439 e. The molecule has 1 aromatic heterocycles. The summed E-state index contributed by atoms with van der Waals surface area (Å²) in [6, 6.07) is 22.9. The van der Waals surface area contributed by atoms with Crippen molar-refractivity contribution in [1.82, 2.24) is 4.98 Å². The summed E-state index contributed by atoms with van der Waals surface area (Å²) < 4.78 is 35.0. The SMILES string of the molecule is CCCCc1oc(-c2ccccc2)nc1N(c1ccccc1)S(=O)(=O)c1ccccc1[N+](=O)[O-]. The van der Waals surface area contributed by atoms with Crippen LogP contribution in [0.25, 0.3) is 11.5 Å². The lowest BCUT2D eigenvalue weighted by Gasteiger charge is -2.23. The van der Waals surface area contributed by atoms with E-state index in [4.69, 9.17) is 4.42 Å². The second-order valence-electron chi connectivity index (χ2n) is 7.57. The Morgan fingerprint density at radius 1 is 0.941 bits per heavy atom. The molecule has 3 aromatic carbocycles. The van der Waals surface area contributed by atoms with E-state index in [-0.39, 0.29) is 11.7 Å². The average Bonchev–Trinajstić information content (AvgIpc) is 3.27. The molecule has 0 radical (unpaired) electrons. The van der Waals surface area contributed by atoms with Gasteiger partial charge in [-0.3, -0.25) is 10.1 Å². The summed E-state index contributed by atoms with van der Waals surface area (Å²) in [7, 11) is -4.43. The van der Waals surface area contributed by atoms with Gasteiger partial charge in [-0.25, -0.2) is 12.7 Å². The summed E-state index contributed by atoms with van der Waals surface area (Å²) in [6.07, 6.45) is 2.08. The summed E-state index contributed by atoms with van der Waals surface area (Å²) in [6.45, 7) is 2.02. The summed E-state index contributed by atoms with van der Waals surface area (Å²) in [5, 5.41) is 11.6. The molecule has 4 aromatic rings. The van der Waals surface area contributed by atoms with Crippen LogP contribution in [0.15, 0.2) is 94.2 Å². The van der Waals surface area contributed by atoms with Gasteiger partial charge in [0.2, 0.25) is 5.89 Å². The number of aromatic nitrogens is 1. The molecule has 1 heterocycles. The Morgan fingerprint density at radius 2 is 1.56 bits per heavy atom. The van der Waals surface area contributed by atoms with Crippen LogP contribution in [-0.4, -0.2) is 18.3 Å². The fourth-order valence-electron chi connectivity index (χ4n) is 3.57. The Kier molecular flexibility index (Phi) is 6.74. The van der Waals surface area contributed by atoms with E-state index in [9.17, 15) is 18.5 Å². The number of unbranched alkanes of at least 4 members (excludes halogenated alkanes) is 1. The number of hydrogen-bond donors (Lipinski definition) is 0. The number of sulfonamides is 1. The number of oxazole rings is 1. The molecule has 0 unspecified atom stereocenters. The van der Waals surface area contributed by atoms with Crippen LogP contribution in [0.4, 0.5) is 17.2 Å². The highest BCUT2D eigenvalue weighted by Gasteiger charge is 2.36. The molecule has 0 atom stereocenters. The van der Waals surface area contributed by atoms with E-state index >= 15 is 0 Å². The molecule has 34 heavy (non-hydrogen) atoms. The molecule has 174 valence electrons. The Balaban J connectivity index is 1.96. The topological polar surface area (TPSA) is 107 Å². The van der Waals surface area contributed by atoms with Gasteiger partial charge in [0.15, 0.2) is 16.5 Å². The van der Waals surface area contributed by atoms with Crippen LogP contribution in [0.3, 0.4) is 0 Å². The maximum Gasteiger partial charge on any atom is 0.289 e. The van der Waals surface area contributed by atoms with Crippen LogP contribution in [0.5, 0.6) is 0 Å². The maximum absolute atomic E-state index is 14.0. The number of aryl methyl sites for hydroxylation is 1. The monoisotopic (exact) mass is 477 g/mol. The summed E-state index contributed by atoms with van der Waals surface area (Å²) in [5.41, 5.74) is 0.485. The third kappa shape index (κ3) is 4.55. The summed E-state index contributed by atoms with van der Waals surface area (Å²) in [5.74, 6) is 0.767. The zero-order chi connectivity index (χ0) is 24.1. The molecule has 0 aliphatic carbocycles. The molecule has 0 N–H and O–H groups in total. The number of benzene rings is 3. The predicted octanol–water partition coefficient (Wildman–Crippen LogP) is 6.12. The first-order valence-corrected chi connectivity index (χ1v) is 12.3. The van der Waals surface area contributed by atoms with Gasteiger partial charge < -0.3 is 4.42 Å². The smallest absolute Gasteiger partial charge is 0.289 e. The van der Waals surface area contributed by atoms with Crippen molar-refractivity contribution >= 4 is 27.2 Å². The number of hydrogen-bond acceptors (Lipinski definition) is 6. The molecule has 0 fully saturated rings. The predicted molar refractivity (Wildman–Crippen MR) is 129 cm³/mol. The van der Waals surface area contributed by atoms with Crippen LogP contribution in [0.1, 0.15) is 25.5 Å². The van der Waals surface area contributed by atoms with Gasteiger partial charge in [0.05, 0.1) is 10.6 Å². The Bertz CT molecular complexity index is 1390. The molecule has 9 heteroatoms. The molecule has 8 nitrogen and oxygen atoms in total. The van der Waals surface area contributed by atoms with Crippen LogP contribution in [0.2, 0.25) is 0 Å². The quantitative estimate of drug-likeness (QED) is 0.212. The number of rotatable bonds is 9. The van der Waals surface area contributed by atoms with Crippen LogP contribution < -0.4 is 4.31 Å². The first-order valence-electron chi connectivity index (χ1n) is 10.8.